The van der Waals surface area contributed by atoms with Crippen molar-refractivity contribution in [1.29, 1.82) is 5.26 Å². The monoisotopic (exact) mass is 247 g/mol. The molecule has 0 atom stereocenters. The van der Waals surface area contributed by atoms with E-state index in [2.05, 4.69) is 0 Å². The van der Waals surface area contributed by atoms with E-state index in [0.717, 1.165) is 12.8 Å². The number of rotatable bonds is 5. The third kappa shape index (κ3) is 2.41. The number of nitro benzene ring substituents is 1. The molecule has 0 saturated heterocycles. The second-order valence-corrected chi connectivity index (χ2v) is 4.22. The van der Waals surface area contributed by atoms with Gasteiger partial charge in [-0.05, 0) is 25.0 Å². The molecule has 18 heavy (non-hydrogen) atoms. The smallest absolute Gasteiger partial charge is 0.292 e. The number of benzene rings is 1. The number of nitrogens with zero attached hydrogens (tertiary/aromatic N) is 3. The van der Waals surface area contributed by atoms with Crippen LogP contribution in [0, 0.1) is 21.4 Å². The molecule has 0 aliphatic heterocycles. The van der Waals surface area contributed by atoms with Gasteiger partial charge in [0.2, 0.25) is 0 Å². The Bertz CT molecular complexity index is 506. The molecule has 6 heteroatoms. The molecular weight excluding hydrogens is 234 g/mol. The zero-order chi connectivity index (χ0) is 13.1. The first-order valence-electron chi connectivity index (χ1n) is 5.73. The molecule has 1 fully saturated rings. The zero-order valence-corrected chi connectivity index (χ0v) is 9.74. The van der Waals surface area contributed by atoms with Crippen LogP contribution in [0.25, 0.3) is 0 Å². The average Bonchev–Trinajstić information content (AvgIpc) is 3.19. The van der Waals surface area contributed by atoms with Gasteiger partial charge in [-0.1, -0.05) is 0 Å². The van der Waals surface area contributed by atoms with Crippen LogP contribution in [0.5, 0.6) is 0 Å². The van der Waals surface area contributed by atoms with E-state index in [1.165, 1.54) is 18.2 Å². The summed E-state index contributed by atoms with van der Waals surface area (Å²) in [6.45, 7) is 0.283. The van der Waals surface area contributed by atoms with Gasteiger partial charge in [0.15, 0.2) is 0 Å². The number of hydrogen-bond acceptors (Lipinski definition) is 5. The Labute approximate surface area is 104 Å². The number of aliphatic hydroxyl groups excluding tert-OH is 1. The molecule has 0 unspecified atom stereocenters. The summed E-state index contributed by atoms with van der Waals surface area (Å²) in [6, 6.07) is 6.52. The van der Waals surface area contributed by atoms with Crippen LogP contribution in [0.3, 0.4) is 0 Å². The third-order valence-corrected chi connectivity index (χ3v) is 2.94. The molecule has 6 nitrogen and oxygen atoms in total. The van der Waals surface area contributed by atoms with Gasteiger partial charge >= 0.3 is 0 Å². The summed E-state index contributed by atoms with van der Waals surface area (Å²) in [5.41, 5.74) is 0.795. The van der Waals surface area contributed by atoms with Crippen molar-refractivity contribution in [3.8, 4) is 6.07 Å². The predicted molar refractivity (Wildman–Crippen MR) is 65.3 cm³/mol. The van der Waals surface area contributed by atoms with E-state index in [1.54, 1.807) is 0 Å². The van der Waals surface area contributed by atoms with Crippen molar-refractivity contribution < 1.29 is 10.0 Å². The van der Waals surface area contributed by atoms with Gasteiger partial charge in [-0.25, -0.2) is 0 Å². The fraction of sp³-hybridized carbons (Fsp3) is 0.417. The van der Waals surface area contributed by atoms with Gasteiger partial charge in [-0.3, -0.25) is 10.1 Å². The second-order valence-electron chi connectivity index (χ2n) is 4.22. The van der Waals surface area contributed by atoms with Crippen molar-refractivity contribution in [1.82, 2.24) is 0 Å². The molecular formula is C12H13N3O3. The van der Waals surface area contributed by atoms with Crippen molar-refractivity contribution in [3.05, 3.63) is 33.9 Å². The molecule has 0 amide bonds. The van der Waals surface area contributed by atoms with Gasteiger partial charge in [0.25, 0.3) is 5.69 Å². The highest BCUT2D eigenvalue weighted by Crippen LogP contribution is 2.37. The summed E-state index contributed by atoms with van der Waals surface area (Å²) in [5, 5.41) is 28.9. The normalized spacial score (nSPS) is 14.0. The van der Waals surface area contributed by atoms with E-state index in [-0.39, 0.29) is 18.3 Å². The minimum absolute atomic E-state index is 0.0191. The lowest BCUT2D eigenvalue weighted by Gasteiger charge is -2.23. The van der Waals surface area contributed by atoms with Crippen molar-refractivity contribution in [2.24, 2.45) is 0 Å². The number of hydrogen-bond donors (Lipinski definition) is 1. The Morgan fingerprint density at radius 3 is 2.78 bits per heavy atom. The zero-order valence-electron chi connectivity index (χ0n) is 9.74. The maximum atomic E-state index is 11.0. The van der Waals surface area contributed by atoms with Gasteiger partial charge in [0, 0.05) is 18.7 Å². The molecule has 0 bridgehead atoms. The van der Waals surface area contributed by atoms with Crippen LogP contribution in [-0.2, 0) is 0 Å². The highest BCUT2D eigenvalue weighted by molar-refractivity contribution is 5.67. The molecule has 0 heterocycles. The Hall–Kier alpha value is -2.13. The molecule has 1 saturated carbocycles. The fourth-order valence-electron chi connectivity index (χ4n) is 1.97. The lowest BCUT2D eigenvalue weighted by Crippen LogP contribution is -2.29. The molecule has 1 N–H and O–H groups in total. The maximum absolute atomic E-state index is 11.0. The highest BCUT2D eigenvalue weighted by Gasteiger charge is 2.32. The number of aliphatic hydroxyl groups is 1. The minimum Gasteiger partial charge on any atom is -0.395 e. The number of anilines is 1. The fourth-order valence-corrected chi connectivity index (χ4v) is 1.97. The molecule has 0 radical (unpaired) electrons. The van der Waals surface area contributed by atoms with E-state index in [0.29, 0.717) is 17.8 Å². The molecule has 1 aliphatic rings. The van der Waals surface area contributed by atoms with Crippen molar-refractivity contribution in [2.45, 2.75) is 18.9 Å². The summed E-state index contributed by atoms with van der Waals surface area (Å²) >= 11 is 0. The van der Waals surface area contributed by atoms with Crippen molar-refractivity contribution >= 4 is 11.4 Å². The van der Waals surface area contributed by atoms with Crippen LogP contribution >= 0.6 is 0 Å². The molecule has 1 aromatic carbocycles. The number of nitriles is 1. The SMILES string of the molecule is N#Cc1ccc([N+](=O)[O-])c(N(CCO)C2CC2)c1. The summed E-state index contributed by atoms with van der Waals surface area (Å²) in [5.74, 6) is 0. The molecule has 94 valence electrons. The quantitative estimate of drug-likeness (QED) is 0.627. The lowest BCUT2D eigenvalue weighted by molar-refractivity contribution is -0.384. The van der Waals surface area contributed by atoms with Gasteiger partial charge in [-0.15, -0.1) is 0 Å². The Kier molecular flexibility index (Phi) is 3.44. The highest BCUT2D eigenvalue weighted by atomic mass is 16.6. The summed E-state index contributed by atoms with van der Waals surface area (Å²) in [7, 11) is 0. The van der Waals surface area contributed by atoms with Crippen LogP contribution in [0.2, 0.25) is 0 Å². The van der Waals surface area contributed by atoms with Crippen molar-refractivity contribution in [2.75, 3.05) is 18.1 Å². The summed E-state index contributed by atoms with van der Waals surface area (Å²) in [6.07, 6.45) is 1.93. The van der Waals surface area contributed by atoms with Crippen LogP contribution in [0.1, 0.15) is 18.4 Å². The van der Waals surface area contributed by atoms with E-state index in [9.17, 15) is 10.1 Å². The second kappa shape index (κ2) is 5.02. The van der Waals surface area contributed by atoms with E-state index < -0.39 is 4.92 Å². The maximum Gasteiger partial charge on any atom is 0.292 e. The van der Waals surface area contributed by atoms with Gasteiger partial charge in [0.05, 0.1) is 23.2 Å². The molecule has 1 aromatic rings. The first kappa shape index (κ1) is 12.3. The largest absolute Gasteiger partial charge is 0.395 e. The minimum atomic E-state index is -0.455. The van der Waals surface area contributed by atoms with Gasteiger partial charge < -0.3 is 10.0 Å². The Morgan fingerprint density at radius 2 is 2.28 bits per heavy atom. The third-order valence-electron chi connectivity index (χ3n) is 2.94. The Morgan fingerprint density at radius 1 is 1.56 bits per heavy atom. The van der Waals surface area contributed by atoms with E-state index in [4.69, 9.17) is 10.4 Å². The van der Waals surface area contributed by atoms with Crippen LogP contribution in [0.4, 0.5) is 11.4 Å². The van der Waals surface area contributed by atoms with Crippen molar-refractivity contribution in [3.63, 3.8) is 0 Å². The van der Waals surface area contributed by atoms with Gasteiger partial charge in [0.1, 0.15) is 5.69 Å². The molecule has 0 spiro atoms. The standard InChI is InChI=1S/C12H13N3O3/c13-8-9-1-4-11(15(17)18)12(7-9)14(5-6-16)10-2-3-10/h1,4,7,10,16H,2-3,5-6H2. The molecule has 2 rings (SSSR count). The lowest BCUT2D eigenvalue weighted by atomic mass is 10.1. The van der Waals surface area contributed by atoms with E-state index >= 15 is 0 Å². The summed E-state index contributed by atoms with van der Waals surface area (Å²) in [4.78, 5) is 12.4. The molecule has 1 aliphatic carbocycles. The first-order valence-corrected chi connectivity index (χ1v) is 5.73. The topological polar surface area (TPSA) is 90.4 Å². The predicted octanol–water partition coefficient (Wildman–Crippen LogP) is 1.43. The van der Waals surface area contributed by atoms with Gasteiger partial charge in [-0.2, -0.15) is 5.26 Å². The average molecular weight is 247 g/mol. The van der Waals surface area contributed by atoms with E-state index in [1.807, 2.05) is 11.0 Å². The van der Waals surface area contributed by atoms with Crippen LogP contribution < -0.4 is 4.90 Å². The number of nitro groups is 1. The first-order chi connectivity index (χ1) is 8.67. The van der Waals surface area contributed by atoms with Crippen LogP contribution in [-0.4, -0.2) is 29.2 Å². The Balaban J connectivity index is 2.44. The summed E-state index contributed by atoms with van der Waals surface area (Å²) < 4.78 is 0. The van der Waals surface area contributed by atoms with Crippen LogP contribution in [0.15, 0.2) is 18.2 Å². The molecule has 0 aromatic heterocycles.